The van der Waals surface area contributed by atoms with Crippen LogP contribution in [0.5, 0.6) is 0 Å². The van der Waals surface area contributed by atoms with Gasteiger partial charge >= 0.3 is 8.03 Å². The van der Waals surface area contributed by atoms with Crippen molar-refractivity contribution < 1.29 is 9.09 Å². The van der Waals surface area contributed by atoms with Gasteiger partial charge < -0.3 is 0 Å². The first-order valence-electron chi connectivity index (χ1n) is 10.9. The van der Waals surface area contributed by atoms with Gasteiger partial charge in [0.05, 0.1) is 0 Å². The molecular weight excluding hydrogens is 315 g/mol. The largest absolute Gasteiger partial charge is 0.508 e. The van der Waals surface area contributed by atoms with Crippen LogP contribution in [-0.4, -0.2) is 12.3 Å². The van der Waals surface area contributed by atoms with Gasteiger partial charge in [-0.15, -0.1) is 4.52 Å². The highest BCUT2D eigenvalue weighted by Gasteiger charge is 2.23. The van der Waals surface area contributed by atoms with Crippen LogP contribution in [0.15, 0.2) is 0 Å². The minimum Gasteiger partial charge on any atom is -0.143 e. The smallest absolute Gasteiger partial charge is 0.143 e. The van der Waals surface area contributed by atoms with E-state index in [-0.39, 0.29) is 6.10 Å². The second-order valence-corrected chi connectivity index (χ2v) is 8.57. The van der Waals surface area contributed by atoms with Crippen molar-refractivity contribution in [2.45, 2.75) is 130 Å². The molecule has 0 N–H and O–H groups in total. The lowest BCUT2D eigenvalue weighted by atomic mass is 10.0. The zero-order chi connectivity index (χ0) is 17.9. The van der Waals surface area contributed by atoms with Gasteiger partial charge in [0, 0.05) is 0 Å². The van der Waals surface area contributed by atoms with Gasteiger partial charge in [0.1, 0.15) is 6.10 Å². The molecule has 1 atom stereocenters. The van der Waals surface area contributed by atoms with Crippen molar-refractivity contribution in [1.82, 2.24) is 0 Å². The maximum absolute atomic E-state index is 12.2. The Kier molecular flexibility index (Phi) is 19.4. The fourth-order valence-corrected chi connectivity index (χ4v) is 4.22. The Labute approximate surface area is 153 Å². The summed E-state index contributed by atoms with van der Waals surface area (Å²) >= 11 is 0. The summed E-state index contributed by atoms with van der Waals surface area (Å²) in [6, 6.07) is 0. The molecule has 0 radical (unpaired) electrons. The fraction of sp³-hybridized carbons (Fsp3) is 1.00. The summed E-state index contributed by atoms with van der Waals surface area (Å²) in [6.07, 6.45) is 20.9. The summed E-state index contributed by atoms with van der Waals surface area (Å²) in [7, 11) is -1.44. The highest BCUT2D eigenvalue weighted by molar-refractivity contribution is 7.39. The van der Waals surface area contributed by atoms with Crippen LogP contribution in [-0.2, 0) is 9.09 Å². The van der Waals surface area contributed by atoms with Crippen LogP contribution in [0.1, 0.15) is 124 Å². The zero-order valence-corrected chi connectivity index (χ0v) is 17.8. The Morgan fingerprint density at radius 1 is 0.625 bits per heavy atom. The first-order valence-corrected chi connectivity index (χ1v) is 12.2. The van der Waals surface area contributed by atoms with Crippen molar-refractivity contribution >= 4 is 8.03 Å². The number of hydrogen-bond acceptors (Lipinski definition) is 2. The summed E-state index contributed by atoms with van der Waals surface area (Å²) in [5.74, 6) is 0. The zero-order valence-electron chi connectivity index (χ0n) is 16.9. The Morgan fingerprint density at radius 2 is 1.04 bits per heavy atom. The molecule has 0 aliphatic carbocycles. The van der Waals surface area contributed by atoms with E-state index in [0.717, 1.165) is 25.4 Å². The summed E-state index contributed by atoms with van der Waals surface area (Å²) < 4.78 is 18.2. The molecule has 0 spiro atoms. The second-order valence-electron chi connectivity index (χ2n) is 7.25. The van der Waals surface area contributed by atoms with Crippen LogP contribution in [0.3, 0.4) is 0 Å². The van der Waals surface area contributed by atoms with Gasteiger partial charge in [0.25, 0.3) is 0 Å². The van der Waals surface area contributed by atoms with E-state index in [4.69, 9.17) is 4.52 Å². The van der Waals surface area contributed by atoms with Crippen molar-refractivity contribution in [1.29, 1.82) is 0 Å². The Bertz CT molecular complexity index is 257. The molecule has 0 bridgehead atoms. The highest BCUT2D eigenvalue weighted by Crippen LogP contribution is 2.30. The van der Waals surface area contributed by atoms with E-state index in [9.17, 15) is 4.57 Å². The van der Waals surface area contributed by atoms with Gasteiger partial charge in [-0.1, -0.05) is 97.8 Å². The van der Waals surface area contributed by atoms with Crippen molar-refractivity contribution in [3.63, 3.8) is 0 Å². The summed E-state index contributed by atoms with van der Waals surface area (Å²) in [6.45, 7) is 6.73. The lowest BCUT2D eigenvalue weighted by molar-refractivity contribution is 0.184. The monoisotopic (exact) mass is 359 g/mol. The molecule has 24 heavy (non-hydrogen) atoms. The molecule has 0 amide bonds. The van der Waals surface area contributed by atoms with E-state index >= 15 is 0 Å². The molecule has 0 aliphatic rings. The third-order valence-corrected chi connectivity index (χ3v) is 5.93. The van der Waals surface area contributed by atoms with Crippen molar-refractivity contribution in [3.8, 4) is 0 Å². The molecule has 0 heterocycles. The van der Waals surface area contributed by atoms with Crippen LogP contribution in [0, 0.1) is 0 Å². The van der Waals surface area contributed by atoms with Crippen molar-refractivity contribution in [2.75, 3.05) is 6.16 Å². The second kappa shape index (κ2) is 19.4. The third kappa shape index (κ3) is 16.9. The topological polar surface area (TPSA) is 26.3 Å². The molecule has 0 saturated heterocycles. The van der Waals surface area contributed by atoms with Gasteiger partial charge in [0.2, 0.25) is 0 Å². The van der Waals surface area contributed by atoms with Crippen LogP contribution >= 0.6 is 8.03 Å². The van der Waals surface area contributed by atoms with Crippen molar-refractivity contribution in [3.05, 3.63) is 0 Å². The maximum atomic E-state index is 12.2. The normalized spacial score (nSPS) is 12.1. The molecular formula is C21H44O2P+. The van der Waals surface area contributed by atoms with E-state index in [1.54, 1.807) is 0 Å². The minimum atomic E-state index is -1.44. The molecule has 0 aliphatic heterocycles. The predicted octanol–water partition coefficient (Wildman–Crippen LogP) is 8.42. The molecule has 0 fully saturated rings. The van der Waals surface area contributed by atoms with E-state index in [1.807, 2.05) is 0 Å². The van der Waals surface area contributed by atoms with Crippen LogP contribution in [0.25, 0.3) is 0 Å². The van der Waals surface area contributed by atoms with Gasteiger partial charge in [-0.2, -0.15) is 0 Å². The molecule has 3 heteroatoms. The molecule has 0 aromatic carbocycles. The Hall–Kier alpha value is 0.0600. The van der Waals surface area contributed by atoms with E-state index in [2.05, 4.69) is 20.8 Å². The van der Waals surface area contributed by atoms with Gasteiger partial charge in [-0.05, 0) is 30.2 Å². The molecule has 0 rings (SSSR count). The molecule has 0 saturated carbocycles. The number of rotatable bonds is 19. The molecule has 0 aromatic rings. The standard InChI is InChI=1S/C21H44O2P/c1-4-7-10-13-14-17-20-24(22)23-21(18-15-11-8-5-2)19-16-12-9-6-3/h21H,4-20H2,1-3H3/q+1. The molecule has 2 nitrogen and oxygen atoms in total. The number of hydrogen-bond donors (Lipinski definition) is 0. The van der Waals surface area contributed by atoms with Crippen molar-refractivity contribution in [2.24, 2.45) is 0 Å². The lowest BCUT2D eigenvalue weighted by Crippen LogP contribution is -2.10. The fourth-order valence-electron chi connectivity index (χ4n) is 3.09. The highest BCUT2D eigenvalue weighted by atomic mass is 31.1. The minimum absolute atomic E-state index is 0.238. The van der Waals surface area contributed by atoms with Crippen LogP contribution in [0.4, 0.5) is 0 Å². The van der Waals surface area contributed by atoms with Crippen LogP contribution < -0.4 is 0 Å². The van der Waals surface area contributed by atoms with Crippen LogP contribution in [0.2, 0.25) is 0 Å². The Balaban J connectivity index is 3.90. The molecule has 0 aromatic heterocycles. The average molecular weight is 360 g/mol. The van der Waals surface area contributed by atoms with E-state index in [0.29, 0.717) is 0 Å². The maximum Gasteiger partial charge on any atom is 0.508 e. The average Bonchev–Trinajstić information content (AvgIpc) is 2.58. The quantitative estimate of drug-likeness (QED) is 0.171. The van der Waals surface area contributed by atoms with E-state index < -0.39 is 8.03 Å². The SMILES string of the molecule is CCCCCCCC[P+](=O)OC(CCCCCC)CCCCCC. The lowest BCUT2D eigenvalue weighted by Gasteiger charge is -2.11. The molecule has 1 unspecified atom stereocenters. The summed E-state index contributed by atoms with van der Waals surface area (Å²) in [4.78, 5) is 0. The first-order chi connectivity index (χ1) is 11.7. The summed E-state index contributed by atoms with van der Waals surface area (Å²) in [5.41, 5.74) is 0. The third-order valence-electron chi connectivity index (χ3n) is 4.72. The Morgan fingerprint density at radius 3 is 1.54 bits per heavy atom. The van der Waals surface area contributed by atoms with E-state index in [1.165, 1.54) is 83.5 Å². The number of unbranched alkanes of at least 4 members (excludes halogenated alkanes) is 11. The van der Waals surface area contributed by atoms with Gasteiger partial charge in [-0.25, -0.2) is 0 Å². The predicted molar refractivity (Wildman–Crippen MR) is 108 cm³/mol. The van der Waals surface area contributed by atoms with Gasteiger partial charge in [-0.3, -0.25) is 0 Å². The molecule has 144 valence electrons. The first kappa shape index (κ1) is 24.1. The summed E-state index contributed by atoms with van der Waals surface area (Å²) in [5, 5.41) is 0. The van der Waals surface area contributed by atoms with Gasteiger partial charge in [0.15, 0.2) is 6.16 Å².